The van der Waals surface area contributed by atoms with Gasteiger partial charge in [0.2, 0.25) is 0 Å². The summed E-state index contributed by atoms with van der Waals surface area (Å²) in [5.74, 6) is -0.442. The molecule has 1 aromatic carbocycles. The van der Waals surface area contributed by atoms with E-state index in [1.165, 1.54) is 11.8 Å². The lowest BCUT2D eigenvalue weighted by Crippen LogP contribution is -2.28. The molecule has 0 unspecified atom stereocenters. The maximum atomic E-state index is 11.9. The first-order chi connectivity index (χ1) is 11.4. The van der Waals surface area contributed by atoms with Gasteiger partial charge in [-0.3, -0.25) is 4.79 Å². The third-order valence-electron chi connectivity index (χ3n) is 4.17. The van der Waals surface area contributed by atoms with Gasteiger partial charge in [-0.2, -0.15) is 0 Å². The second kappa shape index (κ2) is 6.07. The minimum atomic E-state index is -0.442. The third kappa shape index (κ3) is 2.85. The molecule has 0 radical (unpaired) electrons. The number of thioether (sulfide) groups is 1. The highest BCUT2D eigenvalue weighted by Crippen LogP contribution is 2.31. The van der Waals surface area contributed by atoms with Crippen molar-refractivity contribution in [3.63, 3.8) is 0 Å². The molecule has 0 bridgehead atoms. The van der Waals surface area contributed by atoms with Crippen LogP contribution in [0.1, 0.15) is 24.2 Å². The average Bonchev–Trinajstić information content (AvgIpc) is 2.93. The Morgan fingerprint density at radius 2 is 2.12 bits per heavy atom. The number of fused-ring (bicyclic) bond motifs is 3. The second-order valence-electron chi connectivity index (χ2n) is 6.66. The second-order valence-corrected chi connectivity index (χ2v) is 7.43. The molecule has 7 heteroatoms. The normalized spacial score (nSPS) is 12.2. The van der Waals surface area contributed by atoms with E-state index >= 15 is 0 Å². The SMILES string of the molecule is CSc1ncc2ccc3c(C(N)=O)cn(CC(C)(C)CN)c3c2n1. The molecule has 2 aromatic heterocycles. The number of hydrogen-bond donors (Lipinski definition) is 2. The lowest BCUT2D eigenvalue weighted by atomic mass is 9.94. The van der Waals surface area contributed by atoms with Gasteiger partial charge in [0.15, 0.2) is 5.16 Å². The third-order valence-corrected chi connectivity index (χ3v) is 4.73. The lowest BCUT2D eigenvalue weighted by molar-refractivity contribution is 0.100. The summed E-state index contributed by atoms with van der Waals surface area (Å²) >= 11 is 1.49. The van der Waals surface area contributed by atoms with Crippen LogP contribution in [0.25, 0.3) is 21.8 Å². The van der Waals surface area contributed by atoms with Crippen LogP contribution < -0.4 is 11.5 Å². The van der Waals surface area contributed by atoms with Crippen molar-refractivity contribution in [1.82, 2.24) is 14.5 Å². The Hall–Kier alpha value is -2.12. The molecular formula is C17H21N5OS. The Morgan fingerprint density at radius 1 is 1.38 bits per heavy atom. The first kappa shape index (κ1) is 16.7. The van der Waals surface area contributed by atoms with Crippen molar-refractivity contribution in [2.24, 2.45) is 16.9 Å². The number of primary amides is 1. The van der Waals surface area contributed by atoms with E-state index in [1.54, 1.807) is 0 Å². The van der Waals surface area contributed by atoms with Gasteiger partial charge < -0.3 is 16.0 Å². The molecule has 0 spiro atoms. The van der Waals surface area contributed by atoms with Gasteiger partial charge in [0.05, 0.1) is 16.6 Å². The molecule has 1 amide bonds. The fourth-order valence-electron chi connectivity index (χ4n) is 2.81. The fourth-order valence-corrected chi connectivity index (χ4v) is 3.15. The summed E-state index contributed by atoms with van der Waals surface area (Å²) < 4.78 is 2.04. The number of aromatic nitrogens is 3. The zero-order valence-electron chi connectivity index (χ0n) is 14.0. The molecule has 0 aliphatic carbocycles. The topological polar surface area (TPSA) is 99.8 Å². The van der Waals surface area contributed by atoms with E-state index in [4.69, 9.17) is 11.5 Å². The summed E-state index contributed by atoms with van der Waals surface area (Å²) in [6.07, 6.45) is 5.56. The molecule has 2 heterocycles. The van der Waals surface area contributed by atoms with E-state index < -0.39 is 5.91 Å². The van der Waals surface area contributed by atoms with Crippen molar-refractivity contribution in [3.05, 3.63) is 30.1 Å². The molecule has 24 heavy (non-hydrogen) atoms. The zero-order chi connectivity index (χ0) is 17.5. The molecule has 6 nitrogen and oxygen atoms in total. The van der Waals surface area contributed by atoms with E-state index in [0.717, 1.165) is 21.8 Å². The Morgan fingerprint density at radius 3 is 2.75 bits per heavy atom. The lowest BCUT2D eigenvalue weighted by Gasteiger charge is -2.23. The number of nitrogens with two attached hydrogens (primary N) is 2. The Labute approximate surface area is 144 Å². The van der Waals surface area contributed by atoms with Crippen molar-refractivity contribution < 1.29 is 4.79 Å². The first-order valence-electron chi connectivity index (χ1n) is 7.69. The van der Waals surface area contributed by atoms with Gasteiger partial charge in [0, 0.05) is 29.7 Å². The summed E-state index contributed by atoms with van der Waals surface area (Å²) in [5, 5.41) is 2.44. The number of rotatable bonds is 5. The van der Waals surface area contributed by atoms with Gasteiger partial charge in [0.1, 0.15) is 0 Å². The Kier molecular flexibility index (Phi) is 4.23. The summed E-state index contributed by atoms with van der Waals surface area (Å²) in [6, 6.07) is 3.83. The molecule has 0 saturated carbocycles. The van der Waals surface area contributed by atoms with Crippen molar-refractivity contribution in [2.45, 2.75) is 25.5 Å². The van der Waals surface area contributed by atoms with Crippen LogP contribution in [0.2, 0.25) is 0 Å². The molecule has 126 valence electrons. The molecule has 0 fully saturated rings. The predicted molar refractivity (Wildman–Crippen MR) is 98.2 cm³/mol. The van der Waals surface area contributed by atoms with Gasteiger partial charge in [-0.1, -0.05) is 37.7 Å². The van der Waals surface area contributed by atoms with E-state index in [1.807, 2.05) is 35.3 Å². The minimum absolute atomic E-state index is 0.113. The summed E-state index contributed by atoms with van der Waals surface area (Å²) in [6.45, 7) is 5.39. The summed E-state index contributed by atoms with van der Waals surface area (Å²) in [7, 11) is 0. The smallest absolute Gasteiger partial charge is 0.250 e. The molecule has 0 aliphatic heterocycles. The highest BCUT2D eigenvalue weighted by atomic mass is 32.2. The number of nitrogens with zero attached hydrogens (tertiary/aromatic N) is 3. The number of hydrogen-bond acceptors (Lipinski definition) is 5. The standard InChI is InChI=1S/C17H21N5OS/c1-17(2,8-18)9-22-7-12(15(19)23)11-5-4-10-6-20-16(24-3)21-13(10)14(11)22/h4-7H,8-9,18H2,1-3H3,(H2,19,23). The number of benzene rings is 1. The summed E-state index contributed by atoms with van der Waals surface area (Å²) in [5.41, 5.74) is 13.6. The van der Waals surface area contributed by atoms with Gasteiger partial charge in [-0.15, -0.1) is 0 Å². The van der Waals surface area contributed by atoms with E-state index in [0.29, 0.717) is 23.8 Å². The molecule has 0 atom stereocenters. The van der Waals surface area contributed by atoms with Crippen LogP contribution in [-0.2, 0) is 6.54 Å². The Balaban J connectivity index is 2.36. The van der Waals surface area contributed by atoms with Gasteiger partial charge in [-0.25, -0.2) is 9.97 Å². The van der Waals surface area contributed by atoms with Crippen molar-refractivity contribution in [3.8, 4) is 0 Å². The largest absolute Gasteiger partial charge is 0.366 e. The zero-order valence-corrected chi connectivity index (χ0v) is 14.9. The quantitative estimate of drug-likeness (QED) is 0.547. The van der Waals surface area contributed by atoms with Gasteiger partial charge in [-0.05, 0) is 18.2 Å². The first-order valence-corrected chi connectivity index (χ1v) is 8.91. The van der Waals surface area contributed by atoms with Crippen LogP contribution in [0.4, 0.5) is 0 Å². The van der Waals surface area contributed by atoms with E-state index in [9.17, 15) is 4.79 Å². The van der Waals surface area contributed by atoms with Crippen molar-refractivity contribution in [1.29, 1.82) is 0 Å². The molecule has 0 saturated heterocycles. The number of carbonyl (C=O) groups is 1. The van der Waals surface area contributed by atoms with E-state index in [-0.39, 0.29) is 5.41 Å². The van der Waals surface area contributed by atoms with Gasteiger partial charge in [0.25, 0.3) is 5.91 Å². The average molecular weight is 343 g/mol. The summed E-state index contributed by atoms with van der Waals surface area (Å²) in [4.78, 5) is 20.9. The van der Waals surface area contributed by atoms with Crippen molar-refractivity contribution >= 4 is 39.5 Å². The van der Waals surface area contributed by atoms with Crippen LogP contribution in [0.15, 0.2) is 29.7 Å². The molecule has 3 aromatic rings. The Bertz CT molecular complexity index is 932. The van der Waals surface area contributed by atoms with Crippen LogP contribution in [0.5, 0.6) is 0 Å². The maximum absolute atomic E-state index is 11.9. The molecular weight excluding hydrogens is 322 g/mol. The highest BCUT2D eigenvalue weighted by Gasteiger charge is 2.22. The number of carbonyl (C=O) groups excluding carboxylic acids is 1. The van der Waals surface area contributed by atoms with Crippen LogP contribution in [-0.4, -0.2) is 33.2 Å². The maximum Gasteiger partial charge on any atom is 0.250 e. The highest BCUT2D eigenvalue weighted by molar-refractivity contribution is 7.98. The minimum Gasteiger partial charge on any atom is -0.366 e. The van der Waals surface area contributed by atoms with Crippen LogP contribution >= 0.6 is 11.8 Å². The van der Waals surface area contributed by atoms with Crippen LogP contribution in [0, 0.1) is 5.41 Å². The molecule has 3 rings (SSSR count). The molecule has 0 aliphatic rings. The predicted octanol–water partition coefficient (Wildman–Crippen LogP) is 2.39. The van der Waals surface area contributed by atoms with Gasteiger partial charge >= 0.3 is 0 Å². The van der Waals surface area contributed by atoms with E-state index in [2.05, 4.69) is 23.8 Å². The molecule has 4 N–H and O–H groups in total. The number of amides is 1. The fraction of sp³-hybridized carbons (Fsp3) is 0.353. The monoisotopic (exact) mass is 343 g/mol. The van der Waals surface area contributed by atoms with Crippen LogP contribution in [0.3, 0.4) is 0 Å². The van der Waals surface area contributed by atoms with Crippen molar-refractivity contribution in [2.75, 3.05) is 12.8 Å².